The molecule has 0 saturated heterocycles. The van der Waals surface area contributed by atoms with Gasteiger partial charge in [-0.15, -0.1) is 11.8 Å². The van der Waals surface area contributed by atoms with E-state index in [1.807, 2.05) is 24.3 Å². The van der Waals surface area contributed by atoms with Gasteiger partial charge in [0.1, 0.15) is 0 Å². The van der Waals surface area contributed by atoms with Gasteiger partial charge >= 0.3 is 0 Å². The summed E-state index contributed by atoms with van der Waals surface area (Å²) in [5.41, 5.74) is 0.910. The Balaban J connectivity index is 1.62. The summed E-state index contributed by atoms with van der Waals surface area (Å²) in [5, 5.41) is 9.95. The van der Waals surface area contributed by atoms with Gasteiger partial charge in [-0.1, -0.05) is 24.6 Å². The van der Waals surface area contributed by atoms with Crippen LogP contribution in [-0.4, -0.2) is 35.6 Å². The van der Waals surface area contributed by atoms with Crippen LogP contribution in [0.15, 0.2) is 52.0 Å². The SMILES string of the molecule is CN(CC1CCCC1O)C(=O)c1occc1CSc1ccccc1. The third-order valence-corrected chi connectivity index (χ3v) is 5.61. The maximum Gasteiger partial charge on any atom is 0.289 e. The Hall–Kier alpha value is -1.72. The van der Waals surface area contributed by atoms with Crippen molar-refractivity contribution in [3.8, 4) is 0 Å². The highest BCUT2D eigenvalue weighted by Crippen LogP contribution is 2.28. The summed E-state index contributed by atoms with van der Waals surface area (Å²) in [4.78, 5) is 15.5. The lowest BCUT2D eigenvalue weighted by Crippen LogP contribution is -2.34. The minimum absolute atomic E-state index is 0.109. The summed E-state index contributed by atoms with van der Waals surface area (Å²) in [6, 6.07) is 12.0. The second kappa shape index (κ2) is 7.90. The summed E-state index contributed by atoms with van der Waals surface area (Å²) >= 11 is 1.68. The number of rotatable bonds is 6. The number of amides is 1. The van der Waals surface area contributed by atoms with Gasteiger partial charge < -0.3 is 14.4 Å². The monoisotopic (exact) mass is 345 g/mol. The molecule has 1 amide bonds. The molecule has 2 unspecified atom stereocenters. The van der Waals surface area contributed by atoms with E-state index in [0.717, 1.165) is 24.8 Å². The predicted octanol–water partition coefficient (Wildman–Crippen LogP) is 3.80. The number of thioether (sulfide) groups is 1. The van der Waals surface area contributed by atoms with Crippen LogP contribution in [0.1, 0.15) is 35.4 Å². The summed E-state index contributed by atoms with van der Waals surface area (Å²) in [6.07, 6.45) is 4.14. The van der Waals surface area contributed by atoms with E-state index >= 15 is 0 Å². The van der Waals surface area contributed by atoms with Gasteiger partial charge in [-0.3, -0.25) is 4.79 Å². The molecule has 1 saturated carbocycles. The number of carbonyl (C=O) groups excluding carboxylic acids is 1. The molecule has 0 spiro atoms. The highest BCUT2D eigenvalue weighted by atomic mass is 32.2. The Morgan fingerprint density at radius 3 is 2.79 bits per heavy atom. The third-order valence-electron chi connectivity index (χ3n) is 4.55. The molecule has 128 valence electrons. The molecule has 1 fully saturated rings. The van der Waals surface area contributed by atoms with Gasteiger partial charge in [0, 0.05) is 35.7 Å². The van der Waals surface area contributed by atoms with E-state index in [1.165, 1.54) is 4.90 Å². The second-order valence-electron chi connectivity index (χ2n) is 6.32. The molecular formula is C19H23NO3S. The van der Waals surface area contributed by atoms with Crippen LogP contribution < -0.4 is 0 Å². The molecule has 0 aliphatic heterocycles. The summed E-state index contributed by atoms with van der Waals surface area (Å²) < 4.78 is 5.46. The van der Waals surface area contributed by atoms with Gasteiger partial charge in [-0.05, 0) is 31.0 Å². The Kier molecular flexibility index (Phi) is 5.63. The lowest BCUT2D eigenvalue weighted by molar-refractivity contribution is 0.0664. The molecular weight excluding hydrogens is 322 g/mol. The number of furan rings is 1. The fraction of sp³-hybridized carbons (Fsp3) is 0.421. The second-order valence-corrected chi connectivity index (χ2v) is 7.37. The Labute approximate surface area is 146 Å². The average Bonchev–Trinajstić information content (AvgIpc) is 3.22. The lowest BCUT2D eigenvalue weighted by Gasteiger charge is -2.22. The molecule has 0 radical (unpaired) electrons. The van der Waals surface area contributed by atoms with Crippen LogP contribution in [0.25, 0.3) is 0 Å². The number of carbonyl (C=O) groups is 1. The molecule has 5 heteroatoms. The first kappa shape index (κ1) is 17.1. The van der Waals surface area contributed by atoms with E-state index in [0.29, 0.717) is 18.1 Å². The Bertz CT molecular complexity index is 670. The number of benzene rings is 1. The fourth-order valence-corrected chi connectivity index (χ4v) is 4.05. The molecule has 1 aromatic carbocycles. The van der Waals surface area contributed by atoms with Crippen molar-refractivity contribution >= 4 is 17.7 Å². The van der Waals surface area contributed by atoms with E-state index in [1.54, 1.807) is 30.0 Å². The zero-order valence-corrected chi connectivity index (χ0v) is 14.7. The predicted molar refractivity (Wildman–Crippen MR) is 95.0 cm³/mol. The van der Waals surface area contributed by atoms with E-state index in [4.69, 9.17) is 4.42 Å². The van der Waals surface area contributed by atoms with Crippen LogP contribution >= 0.6 is 11.8 Å². The zero-order chi connectivity index (χ0) is 16.9. The van der Waals surface area contributed by atoms with E-state index in [2.05, 4.69) is 12.1 Å². The van der Waals surface area contributed by atoms with Crippen LogP contribution in [0, 0.1) is 5.92 Å². The topological polar surface area (TPSA) is 53.7 Å². The van der Waals surface area contributed by atoms with E-state index < -0.39 is 0 Å². The van der Waals surface area contributed by atoms with Crippen molar-refractivity contribution in [1.82, 2.24) is 4.90 Å². The molecule has 1 aliphatic carbocycles. The van der Waals surface area contributed by atoms with Gasteiger partial charge in [0.2, 0.25) is 0 Å². The van der Waals surface area contributed by atoms with Gasteiger partial charge in [0.15, 0.2) is 5.76 Å². The van der Waals surface area contributed by atoms with Crippen LogP contribution in [0.5, 0.6) is 0 Å². The number of aliphatic hydroxyl groups is 1. The lowest BCUT2D eigenvalue weighted by atomic mass is 10.1. The Morgan fingerprint density at radius 2 is 2.08 bits per heavy atom. The van der Waals surface area contributed by atoms with Gasteiger partial charge in [0.05, 0.1) is 12.4 Å². The maximum absolute atomic E-state index is 12.7. The smallest absolute Gasteiger partial charge is 0.289 e. The molecule has 1 aromatic heterocycles. The van der Waals surface area contributed by atoms with Crippen molar-refractivity contribution in [3.05, 3.63) is 54.0 Å². The number of aliphatic hydroxyl groups excluding tert-OH is 1. The summed E-state index contributed by atoms with van der Waals surface area (Å²) in [7, 11) is 1.78. The molecule has 3 rings (SSSR count). The highest BCUT2D eigenvalue weighted by molar-refractivity contribution is 7.98. The number of nitrogens with zero attached hydrogens (tertiary/aromatic N) is 1. The largest absolute Gasteiger partial charge is 0.459 e. The van der Waals surface area contributed by atoms with E-state index in [-0.39, 0.29) is 17.9 Å². The fourth-order valence-electron chi connectivity index (χ4n) is 3.15. The average molecular weight is 345 g/mol. The normalized spacial score (nSPS) is 20.2. The van der Waals surface area contributed by atoms with Crippen molar-refractivity contribution in [2.75, 3.05) is 13.6 Å². The van der Waals surface area contributed by atoms with Crippen LogP contribution in [-0.2, 0) is 5.75 Å². The first-order valence-corrected chi connectivity index (χ1v) is 9.31. The molecule has 1 aliphatic rings. The molecule has 2 aromatic rings. The van der Waals surface area contributed by atoms with Crippen molar-refractivity contribution in [2.45, 2.75) is 36.0 Å². The molecule has 4 nitrogen and oxygen atoms in total. The summed E-state index contributed by atoms with van der Waals surface area (Å²) in [6.45, 7) is 0.575. The first-order valence-electron chi connectivity index (χ1n) is 8.33. The molecule has 1 N–H and O–H groups in total. The summed E-state index contributed by atoms with van der Waals surface area (Å²) in [5.74, 6) is 1.17. The van der Waals surface area contributed by atoms with Crippen LogP contribution in [0.4, 0.5) is 0 Å². The zero-order valence-electron chi connectivity index (χ0n) is 13.9. The van der Waals surface area contributed by atoms with Crippen LogP contribution in [0.2, 0.25) is 0 Å². The molecule has 2 atom stereocenters. The molecule has 0 bridgehead atoms. The standard InChI is InChI=1S/C19H23NO3S/c1-20(12-14-6-5-9-17(14)21)19(22)18-15(10-11-23-18)13-24-16-7-3-2-4-8-16/h2-4,7-8,10-11,14,17,21H,5-6,9,12-13H2,1H3. The van der Waals surface area contributed by atoms with Gasteiger partial charge in [0.25, 0.3) is 5.91 Å². The number of hydrogen-bond donors (Lipinski definition) is 1. The van der Waals surface area contributed by atoms with Crippen molar-refractivity contribution in [2.24, 2.45) is 5.92 Å². The molecule has 1 heterocycles. The van der Waals surface area contributed by atoms with Gasteiger partial charge in [-0.25, -0.2) is 0 Å². The van der Waals surface area contributed by atoms with Crippen molar-refractivity contribution in [1.29, 1.82) is 0 Å². The Morgan fingerprint density at radius 1 is 1.29 bits per heavy atom. The quantitative estimate of drug-likeness (QED) is 0.809. The first-order chi connectivity index (χ1) is 11.6. The molecule has 24 heavy (non-hydrogen) atoms. The maximum atomic E-state index is 12.7. The van der Waals surface area contributed by atoms with E-state index in [9.17, 15) is 9.90 Å². The third kappa shape index (κ3) is 4.02. The van der Waals surface area contributed by atoms with Crippen LogP contribution in [0.3, 0.4) is 0 Å². The van der Waals surface area contributed by atoms with Gasteiger partial charge in [-0.2, -0.15) is 0 Å². The minimum atomic E-state index is -0.287. The minimum Gasteiger partial charge on any atom is -0.459 e. The number of hydrogen-bond acceptors (Lipinski definition) is 4. The van der Waals surface area contributed by atoms with Crippen molar-refractivity contribution in [3.63, 3.8) is 0 Å². The highest BCUT2D eigenvalue weighted by Gasteiger charge is 2.29. The van der Waals surface area contributed by atoms with Crippen molar-refractivity contribution < 1.29 is 14.3 Å².